The van der Waals surface area contributed by atoms with Crippen LogP contribution in [0, 0.1) is 11.8 Å². The molecule has 0 bridgehead atoms. The number of ether oxygens (including phenoxy) is 1. The molecular formula is C28H27ClN2O8. The van der Waals surface area contributed by atoms with Crippen LogP contribution in [0.5, 0.6) is 11.5 Å². The molecule has 39 heavy (non-hydrogen) atoms. The number of nitrogens with zero attached hydrogens (tertiary/aromatic N) is 1. The van der Waals surface area contributed by atoms with E-state index in [1.807, 2.05) is 0 Å². The number of likely N-dealkylation sites (N-methyl/N-ethyl adjacent to an activating group) is 1. The van der Waals surface area contributed by atoms with Gasteiger partial charge in [0, 0.05) is 22.1 Å². The number of fused-ring (bicyclic) bond motifs is 3. The number of aliphatic hydroxyl groups excluding tert-OH is 2. The predicted octanol–water partition coefficient (Wildman–Crippen LogP) is 2.45. The smallest absolute Gasteiger partial charge is 0.255 e. The summed E-state index contributed by atoms with van der Waals surface area (Å²) in [5, 5.41) is 45.2. The summed E-state index contributed by atoms with van der Waals surface area (Å²) in [5.74, 6) is -6.49. The van der Waals surface area contributed by atoms with Gasteiger partial charge in [-0.1, -0.05) is 17.7 Å². The number of hydrogen-bond donors (Lipinski definition) is 5. The van der Waals surface area contributed by atoms with Gasteiger partial charge in [0.1, 0.15) is 28.6 Å². The normalized spacial score (nSPS) is 26.4. The minimum absolute atomic E-state index is 0.00641. The maximum atomic E-state index is 13.9. The van der Waals surface area contributed by atoms with Crippen LogP contribution in [0.15, 0.2) is 53.0 Å². The van der Waals surface area contributed by atoms with Crippen LogP contribution >= 0.6 is 11.6 Å². The second kappa shape index (κ2) is 9.11. The zero-order valence-corrected chi connectivity index (χ0v) is 22.1. The number of aliphatic hydroxyl groups is 3. The minimum atomic E-state index is -2.69. The summed E-state index contributed by atoms with van der Waals surface area (Å²) in [6.07, 6.45) is 0.140. The molecule has 0 aromatic heterocycles. The van der Waals surface area contributed by atoms with Crippen molar-refractivity contribution in [3.63, 3.8) is 0 Å². The summed E-state index contributed by atoms with van der Waals surface area (Å²) in [6, 6.07) is 6.93. The Morgan fingerprint density at radius 3 is 2.44 bits per heavy atom. The molecule has 0 saturated heterocycles. The summed E-state index contributed by atoms with van der Waals surface area (Å²) < 4.78 is 5.50. The fraction of sp³-hybridized carbons (Fsp3) is 0.321. The van der Waals surface area contributed by atoms with Crippen molar-refractivity contribution in [1.82, 2.24) is 4.90 Å². The van der Waals surface area contributed by atoms with Crippen LogP contribution in [0.2, 0.25) is 5.02 Å². The van der Waals surface area contributed by atoms with E-state index in [2.05, 4.69) is 0 Å². The van der Waals surface area contributed by atoms with Crippen molar-refractivity contribution in [1.29, 1.82) is 0 Å². The average Bonchev–Trinajstić information content (AvgIpc) is 2.86. The highest BCUT2D eigenvalue weighted by atomic mass is 35.5. The molecule has 11 heteroatoms. The molecule has 1 amide bonds. The number of rotatable bonds is 4. The average molecular weight is 555 g/mol. The van der Waals surface area contributed by atoms with Crippen molar-refractivity contribution in [3.8, 4) is 22.6 Å². The SMILES string of the molecule is COc1ccc(Cl)cc1-c1ccc(O)c2c1C[C@H]1C[C@H]3[C@H](N(C)C)C(O)=C(C(N)=O)C(=O)[C@@]3(O)C(O)=C1C2=O. The predicted molar refractivity (Wildman–Crippen MR) is 141 cm³/mol. The van der Waals surface area contributed by atoms with E-state index in [0.29, 0.717) is 27.5 Å². The van der Waals surface area contributed by atoms with Gasteiger partial charge in [-0.3, -0.25) is 19.3 Å². The van der Waals surface area contributed by atoms with Gasteiger partial charge < -0.3 is 30.9 Å². The number of ketones is 2. The lowest BCUT2D eigenvalue weighted by atomic mass is 9.58. The summed E-state index contributed by atoms with van der Waals surface area (Å²) in [5.41, 5.74) is 3.17. The van der Waals surface area contributed by atoms with E-state index >= 15 is 0 Å². The number of nitrogens with two attached hydrogens (primary N) is 1. The highest BCUT2D eigenvalue weighted by Crippen LogP contribution is 2.53. The molecule has 3 aliphatic rings. The fourth-order valence-corrected chi connectivity index (χ4v) is 6.57. The van der Waals surface area contributed by atoms with Crippen molar-refractivity contribution in [2.45, 2.75) is 24.5 Å². The van der Waals surface area contributed by atoms with E-state index in [1.54, 1.807) is 38.4 Å². The minimum Gasteiger partial charge on any atom is -0.510 e. The first kappa shape index (κ1) is 26.7. The van der Waals surface area contributed by atoms with Gasteiger partial charge in [-0.25, -0.2) is 0 Å². The first-order chi connectivity index (χ1) is 18.3. The van der Waals surface area contributed by atoms with E-state index in [9.17, 15) is 34.8 Å². The van der Waals surface area contributed by atoms with Crippen LogP contribution in [0.3, 0.4) is 0 Å². The third kappa shape index (κ3) is 3.66. The molecule has 0 fully saturated rings. The van der Waals surface area contributed by atoms with Crippen LogP contribution in [0.1, 0.15) is 22.3 Å². The van der Waals surface area contributed by atoms with E-state index in [1.165, 1.54) is 18.1 Å². The van der Waals surface area contributed by atoms with Crippen LogP contribution in [0.4, 0.5) is 0 Å². The lowest BCUT2D eigenvalue weighted by Crippen LogP contribution is -2.63. The molecule has 0 radical (unpaired) electrons. The fourth-order valence-electron chi connectivity index (χ4n) is 6.39. The van der Waals surface area contributed by atoms with Crippen molar-refractivity contribution >= 4 is 29.1 Å². The lowest BCUT2D eigenvalue weighted by molar-refractivity contribution is -0.148. The molecule has 0 spiro atoms. The largest absolute Gasteiger partial charge is 0.510 e. The standard InChI is InChI=1S/C28H27ClN2O8/c1-31(2)22-16-9-11-8-15-13(14-10-12(29)4-7-18(14)39-3)5-6-17(32)20(15)23(33)19(11)25(35)28(16,38)26(36)21(24(22)34)27(30)37/h4-7,10-11,16,22,32,34-35,38H,8-9H2,1-3H3,(H2,30,37)/t11-,16-,22-,28-/m0/s1. The molecule has 0 heterocycles. The number of amides is 1. The Kier molecular flexibility index (Phi) is 6.25. The molecule has 10 nitrogen and oxygen atoms in total. The summed E-state index contributed by atoms with van der Waals surface area (Å²) in [6.45, 7) is 0. The number of benzene rings is 2. The van der Waals surface area contributed by atoms with Crippen LogP contribution < -0.4 is 10.5 Å². The molecule has 5 rings (SSSR count). The topological polar surface area (TPSA) is 171 Å². The first-order valence-electron chi connectivity index (χ1n) is 12.2. The van der Waals surface area contributed by atoms with Gasteiger partial charge in [0.05, 0.1) is 18.7 Å². The third-order valence-electron chi connectivity index (χ3n) is 8.06. The summed E-state index contributed by atoms with van der Waals surface area (Å²) in [4.78, 5) is 40.9. The molecule has 0 saturated carbocycles. The van der Waals surface area contributed by atoms with Gasteiger partial charge in [-0.2, -0.15) is 0 Å². The Hall–Kier alpha value is -3.86. The number of halogens is 1. The number of primary amides is 1. The molecule has 204 valence electrons. The Morgan fingerprint density at radius 2 is 1.82 bits per heavy atom. The van der Waals surface area contributed by atoms with Crippen molar-refractivity contribution < 1.29 is 39.5 Å². The number of Topliss-reactive ketones (excluding diaryl/α,β-unsaturated/α-hetero) is 2. The van der Waals surface area contributed by atoms with E-state index in [4.69, 9.17) is 22.1 Å². The number of carbonyl (C=O) groups excluding carboxylic acids is 3. The second-order valence-electron chi connectivity index (χ2n) is 10.3. The Labute approximate surface area is 228 Å². The number of phenols is 1. The lowest BCUT2D eigenvalue weighted by Gasteiger charge is -2.50. The van der Waals surface area contributed by atoms with E-state index < -0.39 is 58.0 Å². The highest BCUT2D eigenvalue weighted by molar-refractivity contribution is 6.31. The van der Waals surface area contributed by atoms with Gasteiger partial charge >= 0.3 is 0 Å². The number of hydrogen-bond acceptors (Lipinski definition) is 9. The number of aromatic hydroxyl groups is 1. The zero-order chi connectivity index (χ0) is 28.5. The van der Waals surface area contributed by atoms with Crippen molar-refractivity contribution in [2.75, 3.05) is 21.2 Å². The monoisotopic (exact) mass is 554 g/mol. The Balaban J connectivity index is 1.74. The second-order valence-corrected chi connectivity index (χ2v) is 10.7. The Morgan fingerprint density at radius 1 is 1.13 bits per heavy atom. The van der Waals surface area contributed by atoms with Crippen molar-refractivity contribution in [3.05, 3.63) is 69.1 Å². The molecule has 0 aliphatic heterocycles. The van der Waals surface area contributed by atoms with Crippen LogP contribution in [-0.2, 0) is 16.0 Å². The van der Waals surface area contributed by atoms with E-state index in [0.717, 1.165) is 0 Å². The summed E-state index contributed by atoms with van der Waals surface area (Å²) >= 11 is 6.26. The molecule has 6 N–H and O–H groups in total. The molecule has 2 aromatic carbocycles. The van der Waals surface area contributed by atoms with Gasteiger partial charge in [-0.05, 0) is 68.2 Å². The molecule has 3 aliphatic carbocycles. The third-order valence-corrected chi connectivity index (χ3v) is 8.29. The van der Waals surface area contributed by atoms with Crippen LogP contribution in [-0.4, -0.2) is 75.6 Å². The highest BCUT2D eigenvalue weighted by Gasteiger charge is 2.63. The van der Waals surface area contributed by atoms with Gasteiger partial charge in [-0.15, -0.1) is 0 Å². The number of carbonyl (C=O) groups is 3. The van der Waals surface area contributed by atoms with Gasteiger partial charge in [0.15, 0.2) is 11.4 Å². The van der Waals surface area contributed by atoms with Gasteiger partial charge in [0.2, 0.25) is 5.78 Å². The molecule has 2 aromatic rings. The quantitative estimate of drug-likeness (QED) is 0.356. The molecule has 0 unspecified atom stereocenters. The number of phenolic OH excluding ortho intramolecular Hbond substituents is 1. The molecule has 4 atom stereocenters. The number of allylic oxidation sites excluding steroid dienone is 1. The Bertz CT molecular complexity index is 1530. The first-order valence-corrected chi connectivity index (χ1v) is 12.6. The van der Waals surface area contributed by atoms with Crippen molar-refractivity contribution in [2.24, 2.45) is 17.6 Å². The maximum absolute atomic E-state index is 13.9. The summed E-state index contributed by atoms with van der Waals surface area (Å²) in [7, 11) is 4.65. The van der Waals surface area contributed by atoms with E-state index in [-0.39, 0.29) is 29.7 Å². The maximum Gasteiger partial charge on any atom is 0.255 e. The van der Waals surface area contributed by atoms with Gasteiger partial charge in [0.25, 0.3) is 5.91 Å². The molecular weight excluding hydrogens is 528 g/mol. The zero-order valence-electron chi connectivity index (χ0n) is 21.4. The van der Waals surface area contributed by atoms with Crippen LogP contribution in [0.25, 0.3) is 11.1 Å². The number of methoxy groups -OCH3 is 1.